The third-order valence-electron chi connectivity index (χ3n) is 3.14. The smallest absolute Gasteiger partial charge is 0.253 e. The molecule has 6 heteroatoms. The lowest BCUT2D eigenvalue weighted by molar-refractivity contribution is -0.137. The number of hydrogen-bond acceptors (Lipinski definition) is 4. The van der Waals surface area contributed by atoms with E-state index < -0.39 is 6.04 Å². The first-order valence-electron chi connectivity index (χ1n) is 6.86. The van der Waals surface area contributed by atoms with Crippen molar-refractivity contribution in [3.05, 3.63) is 12.2 Å². The van der Waals surface area contributed by atoms with Gasteiger partial charge in [0.25, 0.3) is 11.8 Å². The van der Waals surface area contributed by atoms with Crippen molar-refractivity contribution in [1.82, 2.24) is 10.2 Å². The lowest BCUT2D eigenvalue weighted by atomic mass is 10.1. The molecule has 1 heterocycles. The number of carbonyl (C=O) groups is 4. The first kappa shape index (κ1) is 16.1. The Hall–Kier alpha value is -1.98. The normalized spacial score (nSPS) is 15.6. The number of aldehydes is 1. The van der Waals surface area contributed by atoms with Crippen molar-refractivity contribution in [2.75, 3.05) is 6.54 Å². The molecule has 0 aromatic rings. The zero-order valence-electron chi connectivity index (χ0n) is 11.6. The number of nitrogens with zero attached hydrogens (tertiary/aromatic N) is 1. The summed E-state index contributed by atoms with van der Waals surface area (Å²) in [6.45, 7) is 2.22. The Morgan fingerprint density at radius 3 is 2.50 bits per heavy atom. The second-order valence-corrected chi connectivity index (χ2v) is 4.69. The van der Waals surface area contributed by atoms with E-state index in [0.717, 1.165) is 12.7 Å². The van der Waals surface area contributed by atoms with Gasteiger partial charge < -0.3 is 10.1 Å². The molecule has 0 saturated carbocycles. The highest BCUT2D eigenvalue weighted by Gasteiger charge is 2.22. The van der Waals surface area contributed by atoms with E-state index in [-0.39, 0.29) is 19.1 Å². The predicted octanol–water partition coefficient (Wildman–Crippen LogP) is 0.811. The highest BCUT2D eigenvalue weighted by molar-refractivity contribution is 6.12. The van der Waals surface area contributed by atoms with Gasteiger partial charge in [0.1, 0.15) is 6.29 Å². The molecule has 0 unspecified atom stereocenters. The standard InChI is InChI=1S/C14H20N2O4.H2/c1-2-11(10-17)15-12(18)6-4-3-5-9-16-13(19)7-8-14(16)20;/h7-8,10-11H,2-6,9H2,1H3,(H,15,18);1H/t11-;/m0./s1. The Labute approximate surface area is 119 Å². The molecule has 0 saturated heterocycles. The number of unbranched alkanes of at least 4 members (excludes halogenated alkanes) is 2. The molecule has 0 bridgehead atoms. The largest absolute Gasteiger partial charge is 0.347 e. The van der Waals surface area contributed by atoms with Crippen LogP contribution in [0.2, 0.25) is 0 Å². The Balaban J connectivity index is 0.00000400. The van der Waals surface area contributed by atoms with Crippen molar-refractivity contribution in [1.29, 1.82) is 0 Å². The van der Waals surface area contributed by atoms with E-state index in [1.54, 1.807) is 0 Å². The van der Waals surface area contributed by atoms with E-state index in [1.165, 1.54) is 17.1 Å². The third kappa shape index (κ3) is 4.95. The fourth-order valence-corrected chi connectivity index (χ4v) is 1.90. The van der Waals surface area contributed by atoms with Crippen LogP contribution in [0.25, 0.3) is 0 Å². The van der Waals surface area contributed by atoms with E-state index in [0.29, 0.717) is 32.2 Å². The van der Waals surface area contributed by atoms with Crippen molar-refractivity contribution in [2.24, 2.45) is 0 Å². The number of hydrogen-bond donors (Lipinski definition) is 1. The summed E-state index contributed by atoms with van der Waals surface area (Å²) in [4.78, 5) is 45.8. The maximum Gasteiger partial charge on any atom is 0.253 e. The maximum atomic E-state index is 11.5. The van der Waals surface area contributed by atoms with E-state index in [9.17, 15) is 19.2 Å². The molecule has 0 aromatic heterocycles. The third-order valence-corrected chi connectivity index (χ3v) is 3.14. The molecule has 0 radical (unpaired) electrons. The molecular formula is C14H22N2O4. The molecular weight excluding hydrogens is 260 g/mol. The zero-order chi connectivity index (χ0) is 15.0. The fraction of sp³-hybridized carbons (Fsp3) is 0.571. The fourth-order valence-electron chi connectivity index (χ4n) is 1.90. The van der Waals surface area contributed by atoms with Crippen LogP contribution in [0, 0.1) is 0 Å². The Bertz CT molecular complexity index is 405. The lowest BCUT2D eigenvalue weighted by Gasteiger charge is -2.13. The molecule has 3 amide bonds. The van der Waals surface area contributed by atoms with Gasteiger partial charge in [0.2, 0.25) is 5.91 Å². The molecule has 112 valence electrons. The lowest BCUT2D eigenvalue weighted by Crippen LogP contribution is -2.35. The topological polar surface area (TPSA) is 83.6 Å². The molecule has 1 N–H and O–H groups in total. The average molecular weight is 282 g/mol. The predicted molar refractivity (Wildman–Crippen MR) is 74.7 cm³/mol. The van der Waals surface area contributed by atoms with Crippen LogP contribution in [-0.2, 0) is 19.2 Å². The highest BCUT2D eigenvalue weighted by atomic mass is 16.2. The highest BCUT2D eigenvalue weighted by Crippen LogP contribution is 2.07. The number of carbonyl (C=O) groups excluding carboxylic acids is 4. The van der Waals surface area contributed by atoms with Gasteiger partial charge in [-0.25, -0.2) is 0 Å². The summed E-state index contributed by atoms with van der Waals surface area (Å²) in [6.07, 6.45) is 6.30. The van der Waals surface area contributed by atoms with Crippen molar-refractivity contribution in [2.45, 2.75) is 45.1 Å². The van der Waals surface area contributed by atoms with E-state index in [1.807, 2.05) is 6.92 Å². The summed E-state index contributed by atoms with van der Waals surface area (Å²) in [5, 5.41) is 2.63. The van der Waals surface area contributed by atoms with Crippen LogP contribution in [0.1, 0.15) is 40.5 Å². The van der Waals surface area contributed by atoms with Gasteiger partial charge in [-0.3, -0.25) is 19.3 Å². The number of nitrogens with one attached hydrogen (secondary N) is 1. The van der Waals surface area contributed by atoms with Gasteiger partial charge in [-0.15, -0.1) is 0 Å². The van der Waals surface area contributed by atoms with Gasteiger partial charge in [-0.2, -0.15) is 0 Å². The summed E-state index contributed by atoms with van der Waals surface area (Å²) in [6, 6.07) is -0.409. The summed E-state index contributed by atoms with van der Waals surface area (Å²) in [7, 11) is 0. The summed E-state index contributed by atoms with van der Waals surface area (Å²) >= 11 is 0. The molecule has 1 aliphatic rings. The van der Waals surface area contributed by atoms with Gasteiger partial charge in [-0.1, -0.05) is 13.3 Å². The van der Waals surface area contributed by atoms with Crippen LogP contribution >= 0.6 is 0 Å². The second-order valence-electron chi connectivity index (χ2n) is 4.69. The minimum atomic E-state index is -0.409. The monoisotopic (exact) mass is 282 g/mol. The van der Waals surface area contributed by atoms with Gasteiger partial charge in [-0.05, 0) is 19.3 Å². The zero-order valence-corrected chi connectivity index (χ0v) is 11.6. The molecule has 1 aliphatic heterocycles. The average Bonchev–Trinajstić information content (AvgIpc) is 2.75. The Kier molecular flexibility index (Phi) is 6.63. The van der Waals surface area contributed by atoms with Gasteiger partial charge in [0.15, 0.2) is 0 Å². The molecule has 6 nitrogen and oxygen atoms in total. The quantitative estimate of drug-likeness (QED) is 0.385. The van der Waals surface area contributed by atoms with Crippen LogP contribution in [0.4, 0.5) is 0 Å². The summed E-state index contributed by atoms with van der Waals surface area (Å²) < 4.78 is 0. The summed E-state index contributed by atoms with van der Waals surface area (Å²) in [5.74, 6) is -0.687. The molecule has 0 aliphatic carbocycles. The Morgan fingerprint density at radius 1 is 1.30 bits per heavy atom. The van der Waals surface area contributed by atoms with Crippen LogP contribution in [0.15, 0.2) is 12.2 Å². The first-order valence-corrected chi connectivity index (χ1v) is 6.86. The van der Waals surface area contributed by atoms with Crippen molar-refractivity contribution in [3.63, 3.8) is 0 Å². The molecule has 0 spiro atoms. The van der Waals surface area contributed by atoms with E-state index in [2.05, 4.69) is 5.32 Å². The second kappa shape index (κ2) is 8.24. The van der Waals surface area contributed by atoms with Gasteiger partial charge in [0, 0.05) is 26.5 Å². The van der Waals surface area contributed by atoms with E-state index >= 15 is 0 Å². The Morgan fingerprint density at radius 2 is 1.95 bits per heavy atom. The minimum Gasteiger partial charge on any atom is -0.347 e. The van der Waals surface area contributed by atoms with Crippen molar-refractivity contribution >= 4 is 24.0 Å². The van der Waals surface area contributed by atoms with Gasteiger partial charge >= 0.3 is 0 Å². The van der Waals surface area contributed by atoms with Crippen LogP contribution in [0.5, 0.6) is 0 Å². The summed E-state index contributed by atoms with van der Waals surface area (Å²) in [5.41, 5.74) is 0. The number of rotatable bonds is 9. The minimum absolute atomic E-state index is 0. The van der Waals surface area contributed by atoms with Crippen molar-refractivity contribution < 1.29 is 20.6 Å². The number of imide groups is 1. The SMILES string of the molecule is CC[C@@H](C=O)NC(=O)CCCCCN1C(=O)C=CC1=O.[HH]. The molecule has 20 heavy (non-hydrogen) atoms. The maximum absolute atomic E-state index is 11.5. The van der Waals surface area contributed by atoms with Crippen molar-refractivity contribution in [3.8, 4) is 0 Å². The number of amides is 3. The van der Waals surface area contributed by atoms with E-state index in [4.69, 9.17) is 0 Å². The molecule has 1 rings (SSSR count). The molecule has 1 atom stereocenters. The molecule has 0 fully saturated rings. The first-order chi connectivity index (χ1) is 9.58. The van der Waals surface area contributed by atoms with Crippen LogP contribution in [-0.4, -0.2) is 41.5 Å². The molecule has 0 aromatic carbocycles. The van der Waals surface area contributed by atoms with Gasteiger partial charge in [0.05, 0.1) is 6.04 Å². The van der Waals surface area contributed by atoms with Crippen LogP contribution in [0.3, 0.4) is 0 Å². The van der Waals surface area contributed by atoms with Crippen LogP contribution < -0.4 is 5.32 Å².